The Balaban J connectivity index is 6.27. The maximum atomic E-state index is 14.4. The Hall–Kier alpha value is -0.160. The topological polar surface area (TPSA) is 174 Å². The standard InChI is InChI=1S/C10H8Cl6F2O11S/c1-30(25,26)29-4(21)7(17,18)8(24,28-6(23)10(14,15)16)2(19)3(20)27-5(22)9(11,12)13/h2-3,19-20,24H,1H3/t2-,3?,8-/m1/s1. The monoisotopic (exact) mass is 584 g/mol. The molecule has 0 amide bonds. The molecule has 20 heteroatoms. The Labute approximate surface area is 195 Å². The second-order valence-corrected chi connectivity index (χ2v) is 11.1. The lowest BCUT2D eigenvalue weighted by molar-refractivity contribution is -0.353. The number of halogens is 8. The summed E-state index contributed by atoms with van der Waals surface area (Å²) in [5.74, 6) is -18.2. The van der Waals surface area contributed by atoms with Crippen LogP contribution in [0.5, 0.6) is 0 Å². The molecule has 0 bridgehead atoms. The highest BCUT2D eigenvalue weighted by atomic mass is 35.6. The van der Waals surface area contributed by atoms with Gasteiger partial charge in [0.1, 0.15) is 0 Å². The Kier molecular flexibility index (Phi) is 9.71. The smallest absolute Gasteiger partial charge is 0.410 e. The zero-order chi connectivity index (χ0) is 24.5. The van der Waals surface area contributed by atoms with Crippen molar-refractivity contribution in [3.05, 3.63) is 0 Å². The maximum absolute atomic E-state index is 14.4. The van der Waals surface area contributed by atoms with Crippen molar-refractivity contribution in [1.82, 2.24) is 0 Å². The number of carbonyl (C=O) groups is 3. The maximum Gasteiger partial charge on any atom is 0.410 e. The van der Waals surface area contributed by atoms with Gasteiger partial charge in [-0.05, 0) is 0 Å². The summed E-state index contributed by atoms with van der Waals surface area (Å²) in [5, 5.41) is 29.4. The van der Waals surface area contributed by atoms with Crippen LogP contribution in [-0.2, 0) is 38.2 Å². The van der Waals surface area contributed by atoms with Crippen LogP contribution in [0.2, 0.25) is 0 Å². The number of aliphatic hydroxyl groups is 3. The van der Waals surface area contributed by atoms with Gasteiger partial charge in [0.2, 0.25) is 6.29 Å². The van der Waals surface area contributed by atoms with Gasteiger partial charge in [-0.2, -0.15) is 17.2 Å². The molecule has 11 nitrogen and oxygen atoms in total. The summed E-state index contributed by atoms with van der Waals surface area (Å²) in [6.07, 6.45) is -6.85. The highest BCUT2D eigenvalue weighted by Crippen LogP contribution is 2.40. The number of esters is 2. The van der Waals surface area contributed by atoms with Crippen LogP contribution < -0.4 is 0 Å². The van der Waals surface area contributed by atoms with Crippen LogP contribution in [0.15, 0.2) is 0 Å². The molecule has 0 radical (unpaired) electrons. The zero-order valence-electron chi connectivity index (χ0n) is 13.7. The highest BCUT2D eigenvalue weighted by molar-refractivity contribution is 7.86. The molecule has 30 heavy (non-hydrogen) atoms. The van der Waals surface area contributed by atoms with Crippen LogP contribution >= 0.6 is 69.6 Å². The minimum atomic E-state index is -5.71. The van der Waals surface area contributed by atoms with Crippen LogP contribution in [0.25, 0.3) is 0 Å². The third-order valence-electron chi connectivity index (χ3n) is 2.54. The summed E-state index contributed by atoms with van der Waals surface area (Å²) >= 11 is 30.4. The lowest BCUT2D eigenvalue weighted by Crippen LogP contribution is -2.67. The van der Waals surface area contributed by atoms with Crippen LogP contribution in [0.1, 0.15) is 0 Å². The molecule has 1 unspecified atom stereocenters. The van der Waals surface area contributed by atoms with Gasteiger partial charge in [-0.15, -0.1) is 0 Å². The first-order valence-corrected chi connectivity index (χ1v) is 10.5. The quantitative estimate of drug-likeness (QED) is 0.162. The zero-order valence-corrected chi connectivity index (χ0v) is 19.0. The van der Waals surface area contributed by atoms with Crippen LogP contribution in [0.4, 0.5) is 8.78 Å². The van der Waals surface area contributed by atoms with Crippen LogP contribution in [0.3, 0.4) is 0 Å². The van der Waals surface area contributed by atoms with Crippen molar-refractivity contribution in [2.75, 3.05) is 6.26 Å². The Bertz CT molecular complexity index is 795. The van der Waals surface area contributed by atoms with Gasteiger partial charge in [-0.1, -0.05) is 69.6 Å². The summed E-state index contributed by atoms with van der Waals surface area (Å²) in [5.41, 5.74) is 0. The lowest BCUT2D eigenvalue weighted by Gasteiger charge is -2.38. The van der Waals surface area contributed by atoms with Crippen LogP contribution in [-0.4, -0.2) is 79.6 Å². The van der Waals surface area contributed by atoms with Crippen molar-refractivity contribution in [2.45, 2.75) is 31.7 Å². The molecule has 0 aliphatic rings. The predicted molar refractivity (Wildman–Crippen MR) is 95.6 cm³/mol. The van der Waals surface area contributed by atoms with Crippen molar-refractivity contribution in [1.29, 1.82) is 0 Å². The molecular weight excluding hydrogens is 579 g/mol. The Morgan fingerprint density at radius 2 is 1.30 bits per heavy atom. The molecule has 0 saturated carbocycles. The van der Waals surface area contributed by atoms with Crippen molar-refractivity contribution in [3.8, 4) is 0 Å². The summed E-state index contributed by atoms with van der Waals surface area (Å²) < 4.78 is 55.5. The van der Waals surface area contributed by atoms with Gasteiger partial charge >= 0.3 is 39.7 Å². The van der Waals surface area contributed by atoms with Gasteiger partial charge < -0.3 is 29.0 Å². The Morgan fingerprint density at radius 1 is 0.900 bits per heavy atom. The number of carbonyl (C=O) groups excluding carboxylic acids is 3. The van der Waals surface area contributed by atoms with E-state index >= 15 is 0 Å². The number of hydrogen-bond acceptors (Lipinski definition) is 11. The van der Waals surface area contributed by atoms with E-state index in [0.29, 0.717) is 0 Å². The van der Waals surface area contributed by atoms with Gasteiger partial charge in [-0.25, -0.2) is 14.4 Å². The molecule has 0 fully saturated rings. The fourth-order valence-electron chi connectivity index (χ4n) is 1.28. The number of alkyl halides is 8. The molecule has 0 spiro atoms. The van der Waals surface area contributed by atoms with Gasteiger partial charge in [0.25, 0.3) is 7.59 Å². The van der Waals surface area contributed by atoms with Crippen molar-refractivity contribution in [2.24, 2.45) is 0 Å². The second kappa shape index (κ2) is 9.77. The van der Waals surface area contributed by atoms with Gasteiger partial charge in [0, 0.05) is 0 Å². The molecule has 0 aliphatic heterocycles. The lowest BCUT2D eigenvalue weighted by atomic mass is 10.0. The fraction of sp³-hybridized carbons (Fsp3) is 0.700. The van der Waals surface area contributed by atoms with Gasteiger partial charge in [0.05, 0.1) is 6.26 Å². The summed E-state index contributed by atoms with van der Waals surface area (Å²) in [4.78, 5) is 34.5. The van der Waals surface area contributed by atoms with E-state index in [1.54, 1.807) is 0 Å². The largest absolute Gasteiger partial charge is 0.430 e. The molecule has 0 heterocycles. The first-order valence-electron chi connectivity index (χ1n) is 6.45. The SMILES string of the molecule is CS(=O)(=O)OC(=O)C(F)(F)[C@](O)(OC(=O)C(Cl)(Cl)Cl)[C@H](O)C(O)OC(=O)C(Cl)(Cl)Cl. The molecule has 0 aromatic carbocycles. The number of rotatable bonds is 7. The second-order valence-electron chi connectivity index (χ2n) is 4.97. The molecule has 0 saturated heterocycles. The van der Waals surface area contributed by atoms with Gasteiger partial charge in [0.15, 0.2) is 6.10 Å². The first kappa shape index (κ1) is 29.8. The third kappa shape index (κ3) is 7.76. The molecule has 0 aromatic heterocycles. The third-order valence-corrected chi connectivity index (χ3v) is 3.92. The van der Waals surface area contributed by atoms with E-state index in [1.165, 1.54) is 0 Å². The first-order chi connectivity index (χ1) is 13.0. The van der Waals surface area contributed by atoms with E-state index in [1.807, 2.05) is 0 Å². The summed E-state index contributed by atoms with van der Waals surface area (Å²) in [6, 6.07) is 0. The van der Waals surface area contributed by atoms with Crippen molar-refractivity contribution < 1.29 is 60.6 Å². The molecule has 0 aromatic rings. The molecular formula is C10H8Cl6F2O11S. The van der Waals surface area contributed by atoms with Gasteiger partial charge in [-0.3, -0.25) is 0 Å². The number of hydrogen-bond donors (Lipinski definition) is 3. The molecule has 3 N–H and O–H groups in total. The molecule has 0 rings (SSSR count). The van der Waals surface area contributed by atoms with E-state index in [-0.39, 0.29) is 6.26 Å². The molecule has 176 valence electrons. The average molecular weight is 587 g/mol. The van der Waals surface area contributed by atoms with E-state index in [2.05, 4.69) is 13.7 Å². The number of aliphatic hydroxyl groups excluding tert-OH is 2. The number of ether oxygens (including phenoxy) is 2. The van der Waals surface area contributed by atoms with Crippen LogP contribution in [0, 0.1) is 0 Å². The van der Waals surface area contributed by atoms with E-state index in [4.69, 9.17) is 69.6 Å². The normalized spacial score (nSPS) is 17.3. The van der Waals surface area contributed by atoms with E-state index in [9.17, 15) is 46.9 Å². The highest BCUT2D eigenvalue weighted by Gasteiger charge is 2.70. The fourth-order valence-corrected chi connectivity index (χ4v) is 1.91. The minimum Gasteiger partial charge on any atom is -0.430 e. The van der Waals surface area contributed by atoms with Crippen molar-refractivity contribution in [3.63, 3.8) is 0 Å². The summed E-state index contributed by atoms with van der Waals surface area (Å²) in [6.45, 7) is 0. The average Bonchev–Trinajstić information content (AvgIpc) is 2.49. The predicted octanol–water partition coefficient (Wildman–Crippen LogP) is 0.319. The summed E-state index contributed by atoms with van der Waals surface area (Å²) in [7, 11) is -4.95. The molecule has 3 atom stereocenters. The van der Waals surface area contributed by atoms with Crippen molar-refractivity contribution >= 4 is 97.6 Å². The minimum absolute atomic E-state index is 0.126. The van der Waals surface area contributed by atoms with E-state index < -0.39 is 59.7 Å². The molecule has 0 aliphatic carbocycles. The Morgan fingerprint density at radius 3 is 1.63 bits per heavy atom. The van der Waals surface area contributed by atoms with E-state index in [0.717, 1.165) is 0 Å².